The second kappa shape index (κ2) is 4.90. The van der Waals surface area contributed by atoms with Gasteiger partial charge in [-0.05, 0) is 37.2 Å². The van der Waals surface area contributed by atoms with E-state index in [0.717, 1.165) is 32.0 Å². The van der Waals surface area contributed by atoms with Crippen LogP contribution in [0, 0.1) is 5.41 Å². The number of halogens is 3. The van der Waals surface area contributed by atoms with Crippen molar-refractivity contribution in [3.05, 3.63) is 18.0 Å². The molecule has 2 aliphatic rings. The Balaban J connectivity index is 1.72. The normalized spacial score (nSPS) is 22.4. The highest BCUT2D eigenvalue weighted by Gasteiger charge is 2.38. The van der Waals surface area contributed by atoms with Gasteiger partial charge < -0.3 is 4.90 Å². The molecule has 110 valence electrons. The molecule has 1 saturated carbocycles. The molecular formula is C14H18F3N3. The Bertz CT molecular complexity index is 471. The number of alkyl halides is 3. The molecule has 1 aromatic rings. The van der Waals surface area contributed by atoms with Crippen LogP contribution in [-0.2, 0) is 6.18 Å². The maximum absolute atomic E-state index is 12.7. The van der Waals surface area contributed by atoms with Gasteiger partial charge >= 0.3 is 6.18 Å². The zero-order chi connectivity index (χ0) is 14.2. The Morgan fingerprint density at radius 3 is 2.30 bits per heavy atom. The molecule has 0 aromatic carbocycles. The average molecular weight is 285 g/mol. The topological polar surface area (TPSA) is 29.0 Å². The highest BCUT2D eigenvalue weighted by atomic mass is 19.4. The Hall–Kier alpha value is -1.33. The van der Waals surface area contributed by atoms with E-state index in [1.54, 1.807) is 0 Å². The first-order valence-corrected chi connectivity index (χ1v) is 7.14. The van der Waals surface area contributed by atoms with Crippen molar-refractivity contribution in [1.29, 1.82) is 0 Å². The van der Waals surface area contributed by atoms with Gasteiger partial charge in [0.15, 0.2) is 0 Å². The minimum absolute atomic E-state index is 0.215. The summed E-state index contributed by atoms with van der Waals surface area (Å²) < 4.78 is 38.0. The predicted molar refractivity (Wildman–Crippen MR) is 69.4 cm³/mol. The number of piperidine rings is 1. The fourth-order valence-corrected chi connectivity index (χ4v) is 3.46. The van der Waals surface area contributed by atoms with Crippen LogP contribution in [-0.4, -0.2) is 23.1 Å². The molecule has 0 unspecified atom stereocenters. The first-order chi connectivity index (χ1) is 9.49. The molecule has 0 atom stereocenters. The van der Waals surface area contributed by atoms with Gasteiger partial charge in [0.1, 0.15) is 5.69 Å². The molecule has 1 spiro atoms. The van der Waals surface area contributed by atoms with Crippen LogP contribution in [0.2, 0.25) is 0 Å². The Morgan fingerprint density at radius 1 is 1.05 bits per heavy atom. The molecule has 2 heterocycles. The van der Waals surface area contributed by atoms with Crippen LogP contribution in [0.25, 0.3) is 0 Å². The molecule has 3 rings (SSSR count). The molecule has 0 amide bonds. The molecule has 0 bridgehead atoms. The van der Waals surface area contributed by atoms with Gasteiger partial charge in [-0.2, -0.15) is 13.2 Å². The van der Waals surface area contributed by atoms with E-state index in [4.69, 9.17) is 0 Å². The summed E-state index contributed by atoms with van der Waals surface area (Å²) in [6.45, 7) is 1.53. The van der Waals surface area contributed by atoms with Crippen LogP contribution in [0.3, 0.4) is 0 Å². The Morgan fingerprint density at radius 2 is 1.70 bits per heavy atom. The summed E-state index contributed by atoms with van der Waals surface area (Å²) in [5, 5.41) is 0. The van der Waals surface area contributed by atoms with Crippen LogP contribution in [0.15, 0.2) is 12.3 Å². The lowest BCUT2D eigenvalue weighted by Gasteiger charge is -2.39. The number of hydrogen-bond donors (Lipinski definition) is 0. The molecule has 20 heavy (non-hydrogen) atoms. The zero-order valence-electron chi connectivity index (χ0n) is 11.3. The second-order valence-corrected chi connectivity index (χ2v) is 5.93. The Labute approximate surface area is 116 Å². The third-order valence-corrected chi connectivity index (χ3v) is 4.70. The summed E-state index contributed by atoms with van der Waals surface area (Å²) in [4.78, 5) is 9.57. The number of aromatic nitrogens is 2. The van der Waals surface area contributed by atoms with Gasteiger partial charge in [-0.1, -0.05) is 12.8 Å². The monoisotopic (exact) mass is 285 g/mol. The molecule has 2 fully saturated rings. The van der Waals surface area contributed by atoms with E-state index in [1.807, 2.05) is 4.90 Å². The molecule has 0 radical (unpaired) electrons. The van der Waals surface area contributed by atoms with Crippen molar-refractivity contribution in [2.24, 2.45) is 5.41 Å². The van der Waals surface area contributed by atoms with E-state index in [0.29, 0.717) is 5.41 Å². The fraction of sp³-hybridized carbons (Fsp3) is 0.714. The predicted octanol–water partition coefficient (Wildman–Crippen LogP) is 3.66. The molecule has 6 heteroatoms. The van der Waals surface area contributed by atoms with E-state index in [9.17, 15) is 13.2 Å². The van der Waals surface area contributed by atoms with Gasteiger partial charge in [0, 0.05) is 19.3 Å². The van der Waals surface area contributed by atoms with Crippen molar-refractivity contribution >= 4 is 5.95 Å². The quantitative estimate of drug-likeness (QED) is 0.788. The summed E-state index contributed by atoms with van der Waals surface area (Å²) in [6.07, 6.45) is 4.01. The van der Waals surface area contributed by atoms with Gasteiger partial charge in [-0.15, -0.1) is 0 Å². The summed E-state index contributed by atoms with van der Waals surface area (Å²) in [5.74, 6) is 0.215. The first-order valence-electron chi connectivity index (χ1n) is 7.14. The highest BCUT2D eigenvalue weighted by Crippen LogP contribution is 2.46. The summed E-state index contributed by atoms with van der Waals surface area (Å²) >= 11 is 0. The van der Waals surface area contributed by atoms with E-state index in [2.05, 4.69) is 9.97 Å². The van der Waals surface area contributed by atoms with Gasteiger partial charge in [0.05, 0.1) is 0 Å². The standard InChI is InChI=1S/C14H18F3N3/c15-14(16,17)11-3-8-18-12(19-11)20-9-6-13(7-10-20)4-1-2-5-13/h3,8H,1-2,4-7,9-10H2. The minimum Gasteiger partial charge on any atom is -0.341 e. The van der Waals surface area contributed by atoms with Crippen LogP contribution >= 0.6 is 0 Å². The summed E-state index contributed by atoms with van der Waals surface area (Å²) in [7, 11) is 0. The third kappa shape index (κ3) is 2.60. The third-order valence-electron chi connectivity index (χ3n) is 4.70. The summed E-state index contributed by atoms with van der Waals surface area (Å²) in [6, 6.07) is 0.923. The number of rotatable bonds is 1. The first kappa shape index (κ1) is 13.6. The smallest absolute Gasteiger partial charge is 0.341 e. The van der Waals surface area contributed by atoms with Gasteiger partial charge in [0.25, 0.3) is 0 Å². The minimum atomic E-state index is -4.40. The molecule has 1 saturated heterocycles. The van der Waals surface area contributed by atoms with Gasteiger partial charge in [-0.25, -0.2) is 9.97 Å². The van der Waals surface area contributed by atoms with Crippen molar-refractivity contribution in [2.75, 3.05) is 18.0 Å². The molecule has 1 aliphatic heterocycles. The number of hydrogen-bond acceptors (Lipinski definition) is 3. The Kier molecular flexibility index (Phi) is 3.34. The molecule has 1 aliphatic carbocycles. The maximum atomic E-state index is 12.7. The largest absolute Gasteiger partial charge is 0.433 e. The molecular weight excluding hydrogens is 267 g/mol. The van der Waals surface area contributed by atoms with Crippen molar-refractivity contribution < 1.29 is 13.2 Å². The van der Waals surface area contributed by atoms with E-state index < -0.39 is 11.9 Å². The lowest BCUT2D eigenvalue weighted by molar-refractivity contribution is -0.141. The van der Waals surface area contributed by atoms with Crippen LogP contribution < -0.4 is 4.90 Å². The van der Waals surface area contributed by atoms with Gasteiger partial charge in [-0.3, -0.25) is 0 Å². The maximum Gasteiger partial charge on any atom is 0.433 e. The van der Waals surface area contributed by atoms with E-state index >= 15 is 0 Å². The lowest BCUT2D eigenvalue weighted by Crippen LogP contribution is -2.39. The van der Waals surface area contributed by atoms with Crippen molar-refractivity contribution in [3.8, 4) is 0 Å². The molecule has 0 N–H and O–H groups in total. The van der Waals surface area contributed by atoms with Crippen molar-refractivity contribution in [1.82, 2.24) is 9.97 Å². The van der Waals surface area contributed by atoms with Crippen molar-refractivity contribution in [3.63, 3.8) is 0 Å². The fourth-order valence-electron chi connectivity index (χ4n) is 3.46. The van der Waals surface area contributed by atoms with Crippen LogP contribution in [0.1, 0.15) is 44.2 Å². The van der Waals surface area contributed by atoms with Gasteiger partial charge in [0.2, 0.25) is 5.95 Å². The van der Waals surface area contributed by atoms with Crippen molar-refractivity contribution in [2.45, 2.75) is 44.7 Å². The van der Waals surface area contributed by atoms with E-state index in [-0.39, 0.29) is 5.95 Å². The molecule has 1 aromatic heterocycles. The zero-order valence-corrected chi connectivity index (χ0v) is 11.3. The number of anilines is 1. The summed E-state index contributed by atoms with van der Waals surface area (Å²) in [5.41, 5.74) is -0.415. The molecule has 3 nitrogen and oxygen atoms in total. The average Bonchev–Trinajstić information content (AvgIpc) is 2.87. The second-order valence-electron chi connectivity index (χ2n) is 5.93. The van der Waals surface area contributed by atoms with Crippen LogP contribution in [0.5, 0.6) is 0 Å². The highest BCUT2D eigenvalue weighted by molar-refractivity contribution is 5.32. The number of nitrogens with zero attached hydrogens (tertiary/aromatic N) is 3. The lowest BCUT2D eigenvalue weighted by atomic mass is 9.77. The van der Waals surface area contributed by atoms with E-state index in [1.165, 1.54) is 31.9 Å². The van der Waals surface area contributed by atoms with Crippen LogP contribution in [0.4, 0.5) is 19.1 Å². The SMILES string of the molecule is FC(F)(F)c1ccnc(N2CCC3(CCCC3)CC2)n1.